The van der Waals surface area contributed by atoms with Crippen molar-refractivity contribution in [2.24, 2.45) is 5.73 Å². The first-order chi connectivity index (χ1) is 12.2. The maximum absolute atomic E-state index is 14.0. The Morgan fingerprint density at radius 2 is 1.54 bits per heavy atom. The summed E-state index contributed by atoms with van der Waals surface area (Å²) in [6.45, 7) is 0.107. The third-order valence-corrected chi connectivity index (χ3v) is 5.67. The van der Waals surface area contributed by atoms with E-state index in [9.17, 15) is 13.2 Å². The highest BCUT2D eigenvalue weighted by molar-refractivity contribution is 6.48. The Kier molecular flexibility index (Phi) is 6.72. The highest BCUT2D eigenvalue weighted by Crippen LogP contribution is 2.50. The van der Waals surface area contributed by atoms with Crippen LogP contribution in [0.25, 0.3) is 0 Å². The maximum Gasteiger partial charge on any atom is 0.400 e. The number of halogens is 6. The number of hydrogen-bond donors (Lipinski definition) is 1. The van der Waals surface area contributed by atoms with E-state index in [4.69, 9.17) is 34.8 Å². The van der Waals surface area contributed by atoms with Crippen molar-refractivity contribution in [2.45, 2.75) is 18.0 Å². The van der Waals surface area contributed by atoms with Crippen molar-refractivity contribution < 1.29 is 13.2 Å². The molecule has 1 aliphatic rings. The van der Waals surface area contributed by atoms with E-state index in [1.54, 1.807) is 29.2 Å². The second-order valence-electron chi connectivity index (χ2n) is 5.84. The lowest BCUT2D eigenvalue weighted by molar-refractivity contribution is -0.184. The molecule has 3 rings (SSSR count). The summed E-state index contributed by atoms with van der Waals surface area (Å²) >= 11 is 17.8. The number of para-hydroxylation sites is 1. The van der Waals surface area contributed by atoms with Gasteiger partial charge in [-0.05, 0) is 43.3 Å². The van der Waals surface area contributed by atoms with Crippen LogP contribution in [0.2, 0.25) is 15.1 Å². The van der Waals surface area contributed by atoms with Gasteiger partial charge in [-0.2, -0.15) is 13.2 Å². The lowest BCUT2D eigenvalue weighted by atomic mass is 9.79. The van der Waals surface area contributed by atoms with E-state index >= 15 is 0 Å². The molecule has 0 spiro atoms. The summed E-state index contributed by atoms with van der Waals surface area (Å²) in [6.07, 6.45) is -4.50. The molecule has 8 heteroatoms. The summed E-state index contributed by atoms with van der Waals surface area (Å²) in [7, 11) is 1.50. The van der Waals surface area contributed by atoms with Crippen LogP contribution in [-0.4, -0.2) is 26.3 Å². The smallest absolute Gasteiger partial charge is 0.370 e. The van der Waals surface area contributed by atoms with E-state index in [1.165, 1.54) is 19.2 Å². The Morgan fingerprint density at radius 3 is 2.04 bits per heavy atom. The zero-order chi connectivity index (χ0) is 19.5. The molecule has 0 bridgehead atoms. The first kappa shape index (κ1) is 21.2. The Morgan fingerprint density at radius 1 is 1.00 bits per heavy atom. The molecule has 2 nitrogen and oxygen atoms in total. The lowest BCUT2D eigenvalue weighted by Gasteiger charge is -2.33. The Balaban J connectivity index is 0.00000117. The number of nitrogens with two attached hydrogens (primary N) is 1. The first-order valence-corrected chi connectivity index (χ1v) is 8.97. The van der Waals surface area contributed by atoms with Crippen LogP contribution >= 0.6 is 34.8 Å². The zero-order valence-electron chi connectivity index (χ0n) is 14.0. The molecule has 0 radical (unpaired) electrons. The van der Waals surface area contributed by atoms with Crippen LogP contribution in [0.3, 0.4) is 0 Å². The van der Waals surface area contributed by atoms with Gasteiger partial charge in [0, 0.05) is 18.8 Å². The van der Waals surface area contributed by atoms with Gasteiger partial charge >= 0.3 is 6.18 Å². The number of anilines is 1. The molecule has 1 saturated heterocycles. The first-order valence-electron chi connectivity index (χ1n) is 7.84. The molecule has 0 aromatic heterocycles. The summed E-state index contributed by atoms with van der Waals surface area (Å²) in [4.78, 5) is 1.73. The van der Waals surface area contributed by atoms with Crippen molar-refractivity contribution in [3.8, 4) is 0 Å². The molecular weight excluding hydrogens is 408 g/mol. The van der Waals surface area contributed by atoms with Crippen molar-refractivity contribution in [3.63, 3.8) is 0 Å². The fourth-order valence-corrected chi connectivity index (χ4v) is 3.73. The van der Waals surface area contributed by atoms with Gasteiger partial charge in [-0.25, -0.2) is 0 Å². The molecule has 1 atom stereocenters. The predicted molar refractivity (Wildman–Crippen MR) is 103 cm³/mol. The highest BCUT2D eigenvalue weighted by atomic mass is 35.5. The van der Waals surface area contributed by atoms with Gasteiger partial charge in [0.05, 0.1) is 15.1 Å². The van der Waals surface area contributed by atoms with Gasteiger partial charge in [-0.15, -0.1) is 0 Å². The van der Waals surface area contributed by atoms with Crippen LogP contribution in [0.5, 0.6) is 0 Å². The Bertz CT molecular complexity index is 730. The van der Waals surface area contributed by atoms with Crippen molar-refractivity contribution in [2.75, 3.05) is 25.0 Å². The van der Waals surface area contributed by atoms with Gasteiger partial charge in [0.15, 0.2) is 0 Å². The van der Waals surface area contributed by atoms with Crippen LogP contribution in [0, 0.1) is 0 Å². The van der Waals surface area contributed by atoms with Crippen molar-refractivity contribution in [3.05, 3.63) is 63.1 Å². The number of nitrogens with zero attached hydrogens (tertiary/aromatic N) is 1. The molecule has 0 amide bonds. The number of rotatable bonds is 2. The molecule has 2 N–H and O–H groups in total. The molecule has 2 aromatic rings. The van der Waals surface area contributed by atoms with Crippen LogP contribution in [0.4, 0.5) is 18.9 Å². The molecule has 0 aliphatic carbocycles. The van der Waals surface area contributed by atoms with Crippen molar-refractivity contribution in [1.29, 1.82) is 0 Å². The minimum absolute atomic E-state index is 0.0287. The van der Waals surface area contributed by atoms with Gasteiger partial charge in [-0.3, -0.25) is 0 Å². The SMILES string of the molecule is CN.FC(F)(F)C1(c2cc(Cl)c(Cl)c(Cl)c2)CCN(c2ccccc2)C1. The maximum atomic E-state index is 14.0. The van der Waals surface area contributed by atoms with Gasteiger partial charge < -0.3 is 10.6 Å². The fourth-order valence-electron chi connectivity index (χ4n) is 3.13. The van der Waals surface area contributed by atoms with E-state index in [0.717, 1.165) is 5.69 Å². The fraction of sp³-hybridized carbons (Fsp3) is 0.333. The third-order valence-electron chi connectivity index (χ3n) is 4.47. The molecule has 1 fully saturated rings. The average molecular weight is 426 g/mol. The van der Waals surface area contributed by atoms with Crippen LogP contribution < -0.4 is 10.6 Å². The second kappa shape index (κ2) is 8.26. The summed E-state index contributed by atoms with van der Waals surface area (Å²) < 4.78 is 42.0. The van der Waals surface area contributed by atoms with Crippen molar-refractivity contribution >= 4 is 40.5 Å². The zero-order valence-corrected chi connectivity index (χ0v) is 16.2. The lowest BCUT2D eigenvalue weighted by Crippen LogP contribution is -2.44. The van der Waals surface area contributed by atoms with E-state index in [1.807, 2.05) is 6.07 Å². The van der Waals surface area contributed by atoms with Crippen LogP contribution in [-0.2, 0) is 5.41 Å². The second-order valence-corrected chi connectivity index (χ2v) is 7.03. The summed E-state index contributed by atoms with van der Waals surface area (Å²) in [5, 5.41) is 0.124. The van der Waals surface area contributed by atoms with Gasteiger partial charge in [0.25, 0.3) is 0 Å². The molecule has 1 heterocycles. The summed E-state index contributed by atoms with van der Waals surface area (Å²) in [5.41, 5.74) is 3.28. The minimum atomic E-state index is -4.43. The Labute approximate surface area is 165 Å². The van der Waals surface area contributed by atoms with Crippen LogP contribution in [0.15, 0.2) is 42.5 Å². The Hall–Kier alpha value is -1.14. The molecule has 1 aliphatic heterocycles. The van der Waals surface area contributed by atoms with E-state index in [2.05, 4.69) is 5.73 Å². The topological polar surface area (TPSA) is 29.3 Å². The molecule has 26 heavy (non-hydrogen) atoms. The molecule has 1 unspecified atom stereocenters. The third kappa shape index (κ3) is 3.91. The number of hydrogen-bond acceptors (Lipinski definition) is 2. The van der Waals surface area contributed by atoms with E-state index in [0.29, 0.717) is 6.54 Å². The number of alkyl halides is 3. The van der Waals surface area contributed by atoms with Gasteiger partial charge in [0.2, 0.25) is 0 Å². The summed E-state index contributed by atoms with van der Waals surface area (Å²) in [5.74, 6) is 0. The normalized spacial score (nSPS) is 19.9. The molecule has 142 valence electrons. The van der Waals surface area contributed by atoms with E-state index < -0.39 is 11.6 Å². The monoisotopic (exact) mass is 424 g/mol. The molecule has 0 saturated carbocycles. The van der Waals surface area contributed by atoms with E-state index in [-0.39, 0.29) is 33.6 Å². The van der Waals surface area contributed by atoms with Gasteiger partial charge in [-0.1, -0.05) is 53.0 Å². The van der Waals surface area contributed by atoms with Crippen molar-refractivity contribution in [1.82, 2.24) is 0 Å². The predicted octanol–water partition coefficient (Wildman–Crippen LogP) is 5.93. The largest absolute Gasteiger partial charge is 0.400 e. The molecule has 2 aromatic carbocycles. The van der Waals surface area contributed by atoms with Crippen LogP contribution in [0.1, 0.15) is 12.0 Å². The number of benzene rings is 2. The average Bonchev–Trinajstić information content (AvgIpc) is 3.08. The van der Waals surface area contributed by atoms with Gasteiger partial charge in [0.1, 0.15) is 5.41 Å². The molecular formula is C18H18Cl3F3N2. The quantitative estimate of drug-likeness (QED) is 0.604. The standard InChI is InChI=1S/C17H13Cl3F3N.CH5N/c18-13-8-11(9-14(19)15(13)20)16(17(21,22)23)6-7-24(10-16)12-4-2-1-3-5-12;1-2/h1-5,8-9H,6-7,10H2;2H2,1H3. The summed E-state index contributed by atoms with van der Waals surface area (Å²) in [6, 6.07) is 11.6. The minimum Gasteiger partial charge on any atom is -0.370 e. The highest BCUT2D eigenvalue weighted by Gasteiger charge is 2.59.